The molecule has 0 spiro atoms. The van der Waals surface area contributed by atoms with E-state index in [-0.39, 0.29) is 6.10 Å². The van der Waals surface area contributed by atoms with Crippen LogP contribution < -0.4 is 0 Å². The van der Waals surface area contributed by atoms with E-state index in [1.54, 1.807) is 0 Å². The molecule has 3 nitrogen and oxygen atoms in total. The Morgan fingerprint density at radius 3 is 2.67 bits per heavy atom. The molecular formula is C15H24N2O. The molecule has 2 unspecified atom stereocenters. The molecule has 1 fully saturated rings. The summed E-state index contributed by atoms with van der Waals surface area (Å²) < 4.78 is 0. The molecule has 1 saturated carbocycles. The number of rotatable bonds is 5. The smallest absolute Gasteiger partial charge is 0.0580 e. The summed E-state index contributed by atoms with van der Waals surface area (Å²) in [5.41, 5.74) is 1.30. The Morgan fingerprint density at radius 2 is 2.00 bits per heavy atom. The molecule has 1 heterocycles. The van der Waals surface area contributed by atoms with Crippen LogP contribution in [0.3, 0.4) is 0 Å². The normalized spacial score (nSPS) is 24.4. The Bertz CT molecular complexity index is 342. The van der Waals surface area contributed by atoms with Gasteiger partial charge in [-0.15, -0.1) is 0 Å². The number of nitrogens with zero attached hydrogens (tertiary/aromatic N) is 2. The Hall–Kier alpha value is -0.930. The van der Waals surface area contributed by atoms with E-state index in [1.165, 1.54) is 24.8 Å². The molecule has 0 saturated heterocycles. The minimum absolute atomic E-state index is 0.0924. The van der Waals surface area contributed by atoms with Gasteiger partial charge in [-0.2, -0.15) is 0 Å². The van der Waals surface area contributed by atoms with Crippen molar-refractivity contribution in [1.82, 2.24) is 9.88 Å². The van der Waals surface area contributed by atoms with Crippen LogP contribution in [0.25, 0.3) is 0 Å². The molecule has 1 N–H and O–H groups in total. The van der Waals surface area contributed by atoms with Crippen LogP contribution in [0.5, 0.6) is 0 Å². The highest BCUT2D eigenvalue weighted by Gasteiger charge is 2.24. The van der Waals surface area contributed by atoms with Crippen LogP contribution in [0.15, 0.2) is 24.5 Å². The number of aromatic nitrogens is 1. The average molecular weight is 248 g/mol. The van der Waals surface area contributed by atoms with Gasteiger partial charge in [-0.05, 0) is 43.0 Å². The third kappa shape index (κ3) is 3.79. The van der Waals surface area contributed by atoms with Crippen molar-refractivity contribution in [2.75, 3.05) is 13.1 Å². The summed E-state index contributed by atoms with van der Waals surface area (Å²) in [7, 11) is 0. The molecule has 1 aromatic heterocycles. The van der Waals surface area contributed by atoms with E-state index in [2.05, 4.69) is 28.9 Å². The summed E-state index contributed by atoms with van der Waals surface area (Å²) >= 11 is 0. The summed E-state index contributed by atoms with van der Waals surface area (Å²) in [4.78, 5) is 6.47. The number of aliphatic hydroxyl groups is 1. The van der Waals surface area contributed by atoms with Gasteiger partial charge in [-0.1, -0.05) is 19.8 Å². The summed E-state index contributed by atoms with van der Waals surface area (Å²) in [5.74, 6) is 0.459. The van der Waals surface area contributed by atoms with E-state index in [0.717, 1.165) is 26.1 Å². The molecule has 0 bridgehead atoms. The Morgan fingerprint density at radius 1 is 1.28 bits per heavy atom. The quantitative estimate of drug-likeness (QED) is 0.869. The van der Waals surface area contributed by atoms with Gasteiger partial charge in [-0.3, -0.25) is 9.88 Å². The van der Waals surface area contributed by atoms with Gasteiger partial charge in [0.25, 0.3) is 0 Å². The van der Waals surface area contributed by atoms with Gasteiger partial charge in [-0.25, -0.2) is 0 Å². The average Bonchev–Trinajstić information content (AvgIpc) is 2.41. The summed E-state index contributed by atoms with van der Waals surface area (Å²) in [6.07, 6.45) is 8.22. The topological polar surface area (TPSA) is 36.4 Å². The standard InChI is InChI=1S/C15H24N2O/c1-2-17(11-13-7-9-16-10-8-13)12-14-5-3-4-6-15(14)18/h7-10,14-15,18H,2-6,11-12H2,1H3. The molecule has 2 rings (SSSR count). The molecule has 3 heteroatoms. The van der Waals surface area contributed by atoms with Gasteiger partial charge >= 0.3 is 0 Å². The molecule has 18 heavy (non-hydrogen) atoms. The number of aliphatic hydroxyl groups excluding tert-OH is 1. The molecule has 0 radical (unpaired) electrons. The lowest BCUT2D eigenvalue weighted by Crippen LogP contribution is -2.36. The Labute approximate surface area is 110 Å². The third-order valence-electron chi connectivity index (χ3n) is 3.96. The molecule has 2 atom stereocenters. The van der Waals surface area contributed by atoms with Gasteiger partial charge in [0.15, 0.2) is 0 Å². The monoisotopic (exact) mass is 248 g/mol. The fourth-order valence-corrected chi connectivity index (χ4v) is 2.78. The minimum atomic E-state index is -0.0924. The molecular weight excluding hydrogens is 224 g/mol. The number of hydrogen-bond acceptors (Lipinski definition) is 3. The van der Waals surface area contributed by atoms with Crippen molar-refractivity contribution in [2.24, 2.45) is 5.92 Å². The third-order valence-corrected chi connectivity index (χ3v) is 3.96. The first-order valence-electron chi connectivity index (χ1n) is 7.09. The van der Waals surface area contributed by atoms with Gasteiger partial charge in [0.05, 0.1) is 6.10 Å². The zero-order valence-electron chi connectivity index (χ0n) is 11.3. The first-order valence-corrected chi connectivity index (χ1v) is 7.09. The SMILES string of the molecule is CCN(Cc1ccncc1)CC1CCCCC1O. The summed E-state index contributed by atoms with van der Waals surface area (Å²) in [6, 6.07) is 4.14. The van der Waals surface area contributed by atoms with Gasteiger partial charge in [0, 0.05) is 25.5 Å². The predicted molar refractivity (Wildman–Crippen MR) is 73.2 cm³/mol. The van der Waals surface area contributed by atoms with Crippen LogP contribution in [0.2, 0.25) is 0 Å². The van der Waals surface area contributed by atoms with Crippen molar-refractivity contribution in [3.8, 4) is 0 Å². The first kappa shape index (κ1) is 13.5. The largest absolute Gasteiger partial charge is 0.393 e. The fourth-order valence-electron chi connectivity index (χ4n) is 2.78. The van der Waals surface area contributed by atoms with Crippen LogP contribution in [0, 0.1) is 5.92 Å². The van der Waals surface area contributed by atoms with Crippen LogP contribution in [-0.2, 0) is 6.54 Å². The van der Waals surface area contributed by atoms with Crippen molar-refractivity contribution in [3.63, 3.8) is 0 Å². The highest BCUT2D eigenvalue weighted by atomic mass is 16.3. The molecule has 1 aromatic rings. The van der Waals surface area contributed by atoms with E-state index in [0.29, 0.717) is 5.92 Å². The van der Waals surface area contributed by atoms with Crippen LogP contribution in [0.4, 0.5) is 0 Å². The maximum absolute atomic E-state index is 10.0. The highest BCUT2D eigenvalue weighted by molar-refractivity contribution is 5.09. The van der Waals surface area contributed by atoms with Crippen LogP contribution in [-0.4, -0.2) is 34.2 Å². The number of hydrogen-bond donors (Lipinski definition) is 1. The van der Waals surface area contributed by atoms with Crippen molar-refractivity contribution >= 4 is 0 Å². The summed E-state index contributed by atoms with van der Waals surface area (Å²) in [6.45, 7) is 5.20. The second-order valence-electron chi connectivity index (χ2n) is 5.30. The maximum atomic E-state index is 10.0. The van der Waals surface area contributed by atoms with E-state index in [1.807, 2.05) is 12.4 Å². The van der Waals surface area contributed by atoms with Gasteiger partial charge in [0.1, 0.15) is 0 Å². The molecule has 0 aromatic carbocycles. The Balaban J connectivity index is 1.88. The highest BCUT2D eigenvalue weighted by Crippen LogP contribution is 2.25. The van der Waals surface area contributed by atoms with E-state index in [4.69, 9.17) is 0 Å². The Kier molecular flexibility index (Phi) is 5.14. The number of pyridine rings is 1. The molecule has 1 aliphatic rings. The van der Waals surface area contributed by atoms with Crippen molar-refractivity contribution in [1.29, 1.82) is 0 Å². The maximum Gasteiger partial charge on any atom is 0.0580 e. The molecule has 1 aliphatic carbocycles. The lowest BCUT2D eigenvalue weighted by molar-refractivity contribution is 0.0459. The van der Waals surface area contributed by atoms with Crippen molar-refractivity contribution in [3.05, 3.63) is 30.1 Å². The fraction of sp³-hybridized carbons (Fsp3) is 0.667. The zero-order chi connectivity index (χ0) is 12.8. The molecule has 0 aliphatic heterocycles. The second kappa shape index (κ2) is 6.86. The van der Waals surface area contributed by atoms with Crippen molar-refractivity contribution < 1.29 is 5.11 Å². The molecule has 100 valence electrons. The minimum Gasteiger partial charge on any atom is -0.393 e. The lowest BCUT2D eigenvalue weighted by Gasteiger charge is -2.32. The van der Waals surface area contributed by atoms with E-state index < -0.39 is 0 Å². The van der Waals surface area contributed by atoms with Gasteiger partial charge < -0.3 is 5.11 Å². The van der Waals surface area contributed by atoms with Crippen LogP contribution in [0.1, 0.15) is 38.2 Å². The molecule has 0 amide bonds. The zero-order valence-corrected chi connectivity index (χ0v) is 11.3. The summed E-state index contributed by atoms with van der Waals surface area (Å²) in [5, 5.41) is 10.0. The van der Waals surface area contributed by atoms with E-state index >= 15 is 0 Å². The van der Waals surface area contributed by atoms with Gasteiger partial charge in [0.2, 0.25) is 0 Å². The second-order valence-corrected chi connectivity index (χ2v) is 5.30. The lowest BCUT2D eigenvalue weighted by atomic mass is 9.86. The van der Waals surface area contributed by atoms with Crippen molar-refractivity contribution in [2.45, 2.75) is 45.3 Å². The van der Waals surface area contributed by atoms with Crippen LogP contribution >= 0.6 is 0 Å². The first-order chi connectivity index (χ1) is 8.79. The van der Waals surface area contributed by atoms with E-state index in [9.17, 15) is 5.11 Å². The predicted octanol–water partition coefficient (Wildman–Crippen LogP) is 2.45.